The molecular formula is C14H18INO. The highest BCUT2D eigenvalue weighted by atomic mass is 127. The Hall–Kier alpha value is -0.810. The van der Waals surface area contributed by atoms with Crippen molar-refractivity contribution in [3.63, 3.8) is 0 Å². The van der Waals surface area contributed by atoms with E-state index in [1.54, 1.807) is 0 Å². The first-order chi connectivity index (χ1) is 7.58. The van der Waals surface area contributed by atoms with E-state index >= 15 is 0 Å². The van der Waals surface area contributed by atoms with Gasteiger partial charge in [0.2, 0.25) is 0 Å². The van der Waals surface area contributed by atoms with E-state index in [4.69, 9.17) is 4.42 Å². The van der Waals surface area contributed by atoms with Gasteiger partial charge in [-0.25, -0.2) is 0 Å². The number of furan rings is 1. The fraction of sp³-hybridized carbons (Fsp3) is 0.286. The lowest BCUT2D eigenvalue weighted by atomic mass is 10.2. The summed E-state index contributed by atoms with van der Waals surface area (Å²) in [6, 6.07) is 14.6. The Morgan fingerprint density at radius 1 is 1.00 bits per heavy atom. The Morgan fingerprint density at radius 2 is 1.65 bits per heavy atom. The van der Waals surface area contributed by atoms with Crippen LogP contribution in [0.1, 0.15) is 11.5 Å². The Bertz CT molecular complexity index is 462. The molecule has 92 valence electrons. The van der Waals surface area contributed by atoms with Crippen LogP contribution in [0, 0.1) is 6.92 Å². The number of para-hydroxylation sites is 1. The maximum absolute atomic E-state index is 5.63. The first kappa shape index (κ1) is 14.3. The highest BCUT2D eigenvalue weighted by Gasteiger charge is 2.20. The predicted octanol–water partition coefficient (Wildman–Crippen LogP) is 0.359. The van der Waals surface area contributed by atoms with Gasteiger partial charge in [0.15, 0.2) is 5.76 Å². The number of benzene rings is 1. The summed E-state index contributed by atoms with van der Waals surface area (Å²) in [5.74, 6) is 2.01. The molecule has 0 spiro atoms. The van der Waals surface area contributed by atoms with E-state index in [1.807, 2.05) is 19.1 Å². The summed E-state index contributed by atoms with van der Waals surface area (Å²) in [7, 11) is 4.38. The summed E-state index contributed by atoms with van der Waals surface area (Å²) in [6.45, 7) is 2.85. The van der Waals surface area contributed by atoms with E-state index in [-0.39, 0.29) is 24.0 Å². The number of hydrogen-bond donors (Lipinski definition) is 0. The third-order valence-corrected chi connectivity index (χ3v) is 2.80. The molecule has 0 bridgehead atoms. The van der Waals surface area contributed by atoms with Crippen molar-refractivity contribution < 1.29 is 28.4 Å². The molecule has 17 heavy (non-hydrogen) atoms. The van der Waals surface area contributed by atoms with Crippen LogP contribution in [0.25, 0.3) is 0 Å². The van der Waals surface area contributed by atoms with E-state index < -0.39 is 0 Å². The molecule has 2 aromatic rings. The van der Waals surface area contributed by atoms with Crippen LogP contribution in [0.3, 0.4) is 0 Å². The zero-order valence-corrected chi connectivity index (χ0v) is 12.6. The molecule has 0 N–H and O–H groups in total. The van der Waals surface area contributed by atoms with E-state index in [0.717, 1.165) is 22.5 Å². The van der Waals surface area contributed by atoms with Crippen molar-refractivity contribution in [2.24, 2.45) is 0 Å². The van der Waals surface area contributed by atoms with Crippen molar-refractivity contribution >= 4 is 5.69 Å². The lowest BCUT2D eigenvalue weighted by molar-refractivity contribution is -0.00000446. The first-order valence-electron chi connectivity index (χ1n) is 5.52. The van der Waals surface area contributed by atoms with Crippen LogP contribution in [0.5, 0.6) is 0 Å². The second kappa shape index (κ2) is 5.69. The van der Waals surface area contributed by atoms with Crippen molar-refractivity contribution in [1.82, 2.24) is 4.48 Å². The molecule has 1 heterocycles. The SMILES string of the molecule is Cc1ccc(C[N+](C)(C)c2ccccc2)o1.[I-]. The molecular weight excluding hydrogens is 325 g/mol. The zero-order chi connectivity index (χ0) is 11.6. The normalized spacial score (nSPS) is 11.0. The van der Waals surface area contributed by atoms with Crippen molar-refractivity contribution in [1.29, 1.82) is 0 Å². The van der Waals surface area contributed by atoms with Crippen LogP contribution in [0.2, 0.25) is 0 Å². The standard InChI is InChI=1S/C14H18NO.HI/c1-12-9-10-14(16-12)11-15(2,3)13-7-5-4-6-8-13;/h4-10H,11H2,1-3H3;1H/q+1;/p-1. The summed E-state index contributed by atoms with van der Waals surface area (Å²) in [6.07, 6.45) is 0. The number of aryl methyl sites for hydroxylation is 1. The molecule has 0 saturated carbocycles. The quantitative estimate of drug-likeness (QED) is 0.580. The number of halogens is 1. The van der Waals surface area contributed by atoms with Gasteiger partial charge in [-0.1, -0.05) is 18.2 Å². The van der Waals surface area contributed by atoms with Gasteiger partial charge in [0.05, 0.1) is 14.1 Å². The molecule has 3 heteroatoms. The fourth-order valence-corrected chi connectivity index (χ4v) is 1.88. The number of rotatable bonds is 3. The molecule has 2 rings (SSSR count). The van der Waals surface area contributed by atoms with E-state index in [9.17, 15) is 0 Å². The summed E-state index contributed by atoms with van der Waals surface area (Å²) < 4.78 is 6.42. The summed E-state index contributed by atoms with van der Waals surface area (Å²) in [4.78, 5) is 0. The highest BCUT2D eigenvalue weighted by molar-refractivity contribution is 5.41. The minimum atomic E-state index is 0. The largest absolute Gasteiger partial charge is 1.00 e. The van der Waals surface area contributed by atoms with Crippen LogP contribution in [0.15, 0.2) is 46.9 Å². The maximum Gasteiger partial charge on any atom is 0.158 e. The van der Waals surface area contributed by atoms with Gasteiger partial charge >= 0.3 is 0 Å². The Kier molecular flexibility index (Phi) is 4.77. The molecule has 0 aliphatic carbocycles. The van der Waals surface area contributed by atoms with Gasteiger partial charge in [0.25, 0.3) is 0 Å². The van der Waals surface area contributed by atoms with Gasteiger partial charge in [0, 0.05) is 0 Å². The highest BCUT2D eigenvalue weighted by Crippen LogP contribution is 2.22. The molecule has 2 nitrogen and oxygen atoms in total. The monoisotopic (exact) mass is 343 g/mol. The minimum absolute atomic E-state index is 0. The Balaban J connectivity index is 0.00000144. The van der Waals surface area contributed by atoms with Gasteiger partial charge in [-0.15, -0.1) is 0 Å². The van der Waals surface area contributed by atoms with Crippen LogP contribution < -0.4 is 28.5 Å². The molecule has 1 aromatic carbocycles. The third kappa shape index (κ3) is 3.57. The van der Waals surface area contributed by atoms with Gasteiger partial charge in [-0.05, 0) is 31.2 Å². The Labute approximate surface area is 120 Å². The first-order valence-corrected chi connectivity index (χ1v) is 5.52. The molecule has 0 saturated heterocycles. The maximum atomic E-state index is 5.63. The van der Waals surface area contributed by atoms with E-state index in [2.05, 4.69) is 44.4 Å². The van der Waals surface area contributed by atoms with E-state index in [0.29, 0.717) is 0 Å². The van der Waals surface area contributed by atoms with Crippen molar-refractivity contribution in [3.05, 3.63) is 54.0 Å². The van der Waals surface area contributed by atoms with Crippen LogP contribution >= 0.6 is 0 Å². The lowest BCUT2D eigenvalue weighted by Gasteiger charge is -2.28. The summed E-state index contributed by atoms with van der Waals surface area (Å²) >= 11 is 0. The summed E-state index contributed by atoms with van der Waals surface area (Å²) in [5, 5.41) is 0. The third-order valence-electron chi connectivity index (χ3n) is 2.80. The van der Waals surface area contributed by atoms with Gasteiger partial charge in [0.1, 0.15) is 18.0 Å². The Morgan fingerprint density at radius 3 is 2.18 bits per heavy atom. The molecule has 0 unspecified atom stereocenters. The van der Waals surface area contributed by atoms with Crippen LogP contribution in [-0.4, -0.2) is 14.1 Å². The molecule has 0 aliphatic heterocycles. The molecule has 0 atom stereocenters. The molecule has 0 radical (unpaired) electrons. The lowest BCUT2D eigenvalue weighted by Crippen LogP contribution is -3.00. The smallest absolute Gasteiger partial charge is 0.158 e. The number of nitrogens with zero attached hydrogens (tertiary/aromatic N) is 1. The average molecular weight is 343 g/mol. The topological polar surface area (TPSA) is 13.1 Å². The molecule has 1 aromatic heterocycles. The second-order valence-electron chi connectivity index (χ2n) is 4.69. The minimum Gasteiger partial charge on any atom is -1.00 e. The van der Waals surface area contributed by atoms with Crippen molar-refractivity contribution in [2.75, 3.05) is 14.1 Å². The summed E-state index contributed by atoms with van der Waals surface area (Å²) in [5.41, 5.74) is 1.29. The van der Waals surface area contributed by atoms with E-state index in [1.165, 1.54) is 5.69 Å². The van der Waals surface area contributed by atoms with Crippen molar-refractivity contribution in [2.45, 2.75) is 13.5 Å². The van der Waals surface area contributed by atoms with Crippen molar-refractivity contribution in [3.8, 4) is 0 Å². The zero-order valence-electron chi connectivity index (χ0n) is 10.5. The molecule has 0 aliphatic rings. The number of quaternary nitrogens is 1. The van der Waals surface area contributed by atoms with Gasteiger partial charge in [-0.3, -0.25) is 4.48 Å². The van der Waals surface area contributed by atoms with Gasteiger partial charge < -0.3 is 28.4 Å². The molecule has 0 amide bonds. The molecule has 0 fully saturated rings. The number of hydrogen-bond acceptors (Lipinski definition) is 1. The van der Waals surface area contributed by atoms with Crippen LogP contribution in [-0.2, 0) is 6.54 Å². The predicted molar refractivity (Wildman–Crippen MR) is 67.2 cm³/mol. The average Bonchev–Trinajstić information content (AvgIpc) is 2.64. The second-order valence-corrected chi connectivity index (χ2v) is 4.69. The fourth-order valence-electron chi connectivity index (χ4n) is 1.88. The van der Waals surface area contributed by atoms with Crippen LogP contribution in [0.4, 0.5) is 5.69 Å². The van der Waals surface area contributed by atoms with Gasteiger partial charge in [-0.2, -0.15) is 0 Å².